The van der Waals surface area contributed by atoms with E-state index < -0.39 is 10.0 Å². The van der Waals surface area contributed by atoms with Crippen LogP contribution in [0.3, 0.4) is 0 Å². The van der Waals surface area contributed by atoms with Crippen molar-refractivity contribution in [2.24, 2.45) is 11.7 Å². The Kier molecular flexibility index (Phi) is 3.69. The second-order valence-corrected chi connectivity index (χ2v) is 7.50. The number of hydrogen-bond donors (Lipinski definition) is 1. The van der Waals surface area contributed by atoms with E-state index in [2.05, 4.69) is 4.98 Å². The van der Waals surface area contributed by atoms with E-state index in [1.165, 1.54) is 4.31 Å². The van der Waals surface area contributed by atoms with Gasteiger partial charge >= 0.3 is 0 Å². The fourth-order valence-corrected chi connectivity index (χ4v) is 4.49. The fourth-order valence-electron chi connectivity index (χ4n) is 2.80. The van der Waals surface area contributed by atoms with E-state index in [9.17, 15) is 8.42 Å². The predicted octanol–water partition coefficient (Wildman–Crippen LogP) is 1.51. The first-order chi connectivity index (χ1) is 10.0. The molecular weight excluding hydrogens is 286 g/mol. The molecule has 0 amide bonds. The van der Waals surface area contributed by atoms with Crippen molar-refractivity contribution in [3.63, 3.8) is 0 Å². The number of benzene rings is 1. The first-order valence-corrected chi connectivity index (χ1v) is 8.52. The van der Waals surface area contributed by atoms with Gasteiger partial charge < -0.3 is 5.73 Å². The summed E-state index contributed by atoms with van der Waals surface area (Å²) >= 11 is 0. The van der Waals surface area contributed by atoms with Crippen molar-refractivity contribution < 1.29 is 8.42 Å². The van der Waals surface area contributed by atoms with Crippen LogP contribution in [0.4, 0.5) is 0 Å². The molecule has 0 aliphatic carbocycles. The lowest BCUT2D eigenvalue weighted by Gasteiger charge is -2.17. The maximum atomic E-state index is 12.8. The number of fused-ring (bicyclic) bond motifs is 1. The summed E-state index contributed by atoms with van der Waals surface area (Å²) in [5.74, 6) is 0.255. The van der Waals surface area contributed by atoms with Gasteiger partial charge in [0.2, 0.25) is 10.0 Å². The number of nitrogens with zero attached hydrogens (tertiary/aromatic N) is 2. The monoisotopic (exact) mass is 305 g/mol. The van der Waals surface area contributed by atoms with Gasteiger partial charge in [0.25, 0.3) is 0 Å². The number of nitrogens with two attached hydrogens (primary N) is 1. The Bertz CT molecular complexity index is 774. The number of para-hydroxylation sites is 1. The smallest absolute Gasteiger partial charge is 0.245 e. The minimum absolute atomic E-state index is 0.255. The zero-order valence-electron chi connectivity index (χ0n) is 12.0. The Morgan fingerprint density at radius 2 is 2.24 bits per heavy atom. The number of hydrogen-bond acceptors (Lipinski definition) is 4. The van der Waals surface area contributed by atoms with Gasteiger partial charge in [-0.15, -0.1) is 0 Å². The summed E-state index contributed by atoms with van der Waals surface area (Å²) in [6, 6.07) is 7.25. The molecule has 0 spiro atoms. The van der Waals surface area contributed by atoms with Crippen molar-refractivity contribution in [1.29, 1.82) is 0 Å². The molecule has 3 rings (SSSR count). The van der Waals surface area contributed by atoms with Gasteiger partial charge in [0.05, 0.1) is 5.52 Å². The van der Waals surface area contributed by atoms with Crippen LogP contribution in [0.1, 0.15) is 12.0 Å². The maximum absolute atomic E-state index is 12.8. The molecule has 2 aromatic rings. The molecule has 1 aromatic heterocycles. The van der Waals surface area contributed by atoms with Crippen LogP contribution in [-0.4, -0.2) is 37.3 Å². The van der Waals surface area contributed by atoms with Crippen molar-refractivity contribution >= 4 is 20.9 Å². The van der Waals surface area contributed by atoms with Gasteiger partial charge in [-0.1, -0.05) is 12.1 Å². The number of pyridine rings is 1. The van der Waals surface area contributed by atoms with Crippen molar-refractivity contribution in [2.75, 3.05) is 19.6 Å². The second kappa shape index (κ2) is 5.36. The van der Waals surface area contributed by atoms with Crippen molar-refractivity contribution in [1.82, 2.24) is 9.29 Å². The number of aryl methyl sites for hydroxylation is 1. The topological polar surface area (TPSA) is 76.3 Å². The van der Waals surface area contributed by atoms with Crippen LogP contribution in [0.15, 0.2) is 35.4 Å². The standard InChI is InChI=1S/C15H19N3O2S/c1-11-7-13-3-2-4-14(15(13)17-9-11)21(19,20)18-6-5-12(8-16)10-18/h2-4,7,9,12H,5-6,8,10,16H2,1H3/t12-/m1/s1. The molecule has 1 atom stereocenters. The molecule has 1 aromatic carbocycles. The lowest BCUT2D eigenvalue weighted by molar-refractivity contribution is 0.459. The molecule has 112 valence electrons. The number of rotatable bonds is 3. The van der Waals surface area contributed by atoms with Gasteiger partial charge in [0, 0.05) is 24.7 Å². The Morgan fingerprint density at radius 1 is 1.43 bits per heavy atom. The lowest BCUT2D eigenvalue weighted by atomic mass is 10.1. The molecule has 0 bridgehead atoms. The first-order valence-electron chi connectivity index (χ1n) is 7.08. The molecule has 0 radical (unpaired) electrons. The first kappa shape index (κ1) is 14.4. The summed E-state index contributed by atoms with van der Waals surface area (Å²) < 4.78 is 27.2. The van der Waals surface area contributed by atoms with Gasteiger partial charge in [0.15, 0.2) is 0 Å². The largest absolute Gasteiger partial charge is 0.330 e. The summed E-state index contributed by atoms with van der Waals surface area (Å²) in [7, 11) is -3.51. The highest BCUT2D eigenvalue weighted by Gasteiger charge is 2.33. The van der Waals surface area contributed by atoms with E-state index in [0.29, 0.717) is 25.2 Å². The summed E-state index contributed by atoms with van der Waals surface area (Å²) in [6.07, 6.45) is 2.53. The molecule has 2 N–H and O–H groups in total. The zero-order valence-corrected chi connectivity index (χ0v) is 12.8. The SMILES string of the molecule is Cc1cnc2c(S(=O)(=O)N3CC[C@H](CN)C3)cccc2c1. The molecule has 2 heterocycles. The third-order valence-electron chi connectivity index (χ3n) is 4.01. The Balaban J connectivity index is 2.07. The summed E-state index contributed by atoms with van der Waals surface area (Å²) in [5, 5.41) is 0.852. The highest BCUT2D eigenvalue weighted by atomic mass is 32.2. The van der Waals surface area contributed by atoms with Crippen molar-refractivity contribution in [2.45, 2.75) is 18.2 Å². The van der Waals surface area contributed by atoms with Crippen LogP contribution >= 0.6 is 0 Å². The second-order valence-electron chi connectivity index (χ2n) is 5.59. The average molecular weight is 305 g/mol. The van der Waals surface area contributed by atoms with Crippen LogP contribution in [0.5, 0.6) is 0 Å². The maximum Gasteiger partial charge on any atom is 0.245 e. The van der Waals surface area contributed by atoms with E-state index in [1.54, 1.807) is 18.3 Å². The molecule has 1 aliphatic rings. The van der Waals surface area contributed by atoms with Crippen molar-refractivity contribution in [3.8, 4) is 0 Å². The molecule has 6 heteroatoms. The third kappa shape index (κ3) is 2.54. The highest BCUT2D eigenvalue weighted by molar-refractivity contribution is 7.89. The Hall–Kier alpha value is -1.50. The molecule has 5 nitrogen and oxygen atoms in total. The molecule has 21 heavy (non-hydrogen) atoms. The van der Waals surface area contributed by atoms with E-state index in [4.69, 9.17) is 5.73 Å². The van der Waals surface area contributed by atoms with Crippen LogP contribution < -0.4 is 5.73 Å². The third-order valence-corrected chi connectivity index (χ3v) is 5.91. The van der Waals surface area contributed by atoms with Crippen LogP contribution in [0, 0.1) is 12.8 Å². The molecule has 0 unspecified atom stereocenters. The normalized spacial score (nSPS) is 20.2. The summed E-state index contributed by atoms with van der Waals surface area (Å²) in [5.41, 5.74) is 7.21. The molecule has 1 saturated heterocycles. The number of aromatic nitrogens is 1. The summed E-state index contributed by atoms with van der Waals surface area (Å²) in [4.78, 5) is 4.62. The number of sulfonamides is 1. The van der Waals surface area contributed by atoms with Crippen LogP contribution in [-0.2, 0) is 10.0 Å². The van der Waals surface area contributed by atoms with E-state index in [-0.39, 0.29) is 10.8 Å². The average Bonchev–Trinajstić information content (AvgIpc) is 2.96. The van der Waals surface area contributed by atoms with Gasteiger partial charge in [-0.05, 0) is 43.5 Å². The Morgan fingerprint density at radius 3 is 2.95 bits per heavy atom. The quantitative estimate of drug-likeness (QED) is 0.932. The summed E-state index contributed by atoms with van der Waals surface area (Å²) in [6.45, 7) is 3.51. The van der Waals surface area contributed by atoms with E-state index in [1.807, 2.05) is 19.1 Å². The molecule has 1 aliphatic heterocycles. The fraction of sp³-hybridized carbons (Fsp3) is 0.400. The molecule has 1 fully saturated rings. The van der Waals surface area contributed by atoms with Gasteiger partial charge in [-0.2, -0.15) is 4.31 Å². The minimum Gasteiger partial charge on any atom is -0.330 e. The zero-order chi connectivity index (χ0) is 15.0. The molecular formula is C15H19N3O2S. The van der Waals surface area contributed by atoms with E-state index in [0.717, 1.165) is 17.4 Å². The van der Waals surface area contributed by atoms with Gasteiger partial charge in [-0.3, -0.25) is 4.98 Å². The van der Waals surface area contributed by atoms with E-state index >= 15 is 0 Å². The Labute approximate surface area is 124 Å². The minimum atomic E-state index is -3.51. The highest BCUT2D eigenvalue weighted by Crippen LogP contribution is 2.28. The van der Waals surface area contributed by atoms with Gasteiger partial charge in [0.1, 0.15) is 4.90 Å². The molecule has 0 saturated carbocycles. The van der Waals surface area contributed by atoms with Crippen molar-refractivity contribution in [3.05, 3.63) is 36.0 Å². The van der Waals surface area contributed by atoms with Crippen LogP contribution in [0.25, 0.3) is 10.9 Å². The van der Waals surface area contributed by atoms with Crippen LogP contribution in [0.2, 0.25) is 0 Å². The predicted molar refractivity (Wildman–Crippen MR) is 82.4 cm³/mol. The van der Waals surface area contributed by atoms with Gasteiger partial charge in [-0.25, -0.2) is 8.42 Å². The lowest BCUT2D eigenvalue weighted by Crippen LogP contribution is -2.30.